The Morgan fingerprint density at radius 1 is 1.40 bits per heavy atom. The van der Waals surface area contributed by atoms with Crippen LogP contribution >= 0.6 is 47.8 Å². The Hall–Kier alpha value is 0.590. The molecule has 1 rings (SSSR count). The lowest BCUT2D eigenvalue weighted by Gasteiger charge is -1.96. The summed E-state index contributed by atoms with van der Waals surface area (Å²) in [7, 11) is 0. The van der Waals surface area contributed by atoms with Crippen molar-refractivity contribution in [3.05, 3.63) is 26.9 Å². The molecular formula is C6H4Br3N. The fraction of sp³-hybridized carbons (Fsp3) is 0.167. The van der Waals surface area contributed by atoms with Gasteiger partial charge in [0.1, 0.15) is 4.60 Å². The average Bonchev–Trinajstić information content (AvgIpc) is 1.95. The maximum atomic E-state index is 4.09. The van der Waals surface area contributed by atoms with E-state index in [9.17, 15) is 0 Å². The summed E-state index contributed by atoms with van der Waals surface area (Å²) in [6, 6.07) is 2.02. The Morgan fingerprint density at radius 3 is 2.60 bits per heavy atom. The van der Waals surface area contributed by atoms with Crippen molar-refractivity contribution in [1.29, 1.82) is 0 Å². The zero-order valence-electron chi connectivity index (χ0n) is 4.94. The number of rotatable bonds is 1. The van der Waals surface area contributed by atoms with E-state index in [1.807, 2.05) is 12.3 Å². The van der Waals surface area contributed by atoms with Crippen LogP contribution in [0.2, 0.25) is 0 Å². The van der Waals surface area contributed by atoms with Gasteiger partial charge < -0.3 is 0 Å². The molecule has 0 bridgehead atoms. The van der Waals surface area contributed by atoms with Crippen molar-refractivity contribution >= 4 is 47.8 Å². The minimum absolute atomic E-state index is 0.839. The predicted molar refractivity (Wildman–Crippen MR) is 52.3 cm³/mol. The van der Waals surface area contributed by atoms with E-state index in [4.69, 9.17) is 0 Å². The smallest absolute Gasteiger partial charge is 0.120 e. The van der Waals surface area contributed by atoms with Crippen LogP contribution in [0.1, 0.15) is 5.56 Å². The highest BCUT2D eigenvalue weighted by Gasteiger charge is 1.97. The number of pyridine rings is 1. The van der Waals surface area contributed by atoms with E-state index >= 15 is 0 Å². The summed E-state index contributed by atoms with van der Waals surface area (Å²) >= 11 is 9.98. The van der Waals surface area contributed by atoms with Gasteiger partial charge in [-0.1, -0.05) is 15.9 Å². The number of alkyl halides is 1. The first kappa shape index (κ1) is 8.68. The van der Waals surface area contributed by atoms with E-state index in [-0.39, 0.29) is 0 Å². The van der Waals surface area contributed by atoms with Gasteiger partial charge in [-0.2, -0.15) is 0 Å². The Bertz CT molecular complexity index is 236. The van der Waals surface area contributed by atoms with Gasteiger partial charge in [0.05, 0.1) is 4.47 Å². The third-order valence-corrected chi connectivity index (χ3v) is 3.42. The molecule has 0 radical (unpaired) electrons. The molecule has 0 N–H and O–H groups in total. The molecule has 0 fully saturated rings. The second kappa shape index (κ2) is 3.83. The number of aromatic nitrogens is 1. The molecule has 0 unspecified atom stereocenters. The van der Waals surface area contributed by atoms with Crippen LogP contribution in [-0.2, 0) is 5.33 Å². The van der Waals surface area contributed by atoms with Gasteiger partial charge in [-0.25, -0.2) is 4.98 Å². The van der Waals surface area contributed by atoms with Gasteiger partial charge in [0, 0.05) is 11.5 Å². The lowest BCUT2D eigenvalue weighted by Crippen LogP contribution is -1.81. The predicted octanol–water partition coefficient (Wildman–Crippen LogP) is 3.50. The van der Waals surface area contributed by atoms with Gasteiger partial charge in [-0.3, -0.25) is 0 Å². The van der Waals surface area contributed by atoms with Crippen LogP contribution in [0.15, 0.2) is 21.3 Å². The van der Waals surface area contributed by atoms with E-state index in [0.717, 1.165) is 20.0 Å². The average molecular weight is 330 g/mol. The van der Waals surface area contributed by atoms with Crippen LogP contribution in [0, 0.1) is 0 Å². The fourth-order valence-corrected chi connectivity index (χ4v) is 1.45. The monoisotopic (exact) mass is 327 g/mol. The van der Waals surface area contributed by atoms with Gasteiger partial charge >= 0.3 is 0 Å². The number of halogens is 3. The standard InChI is InChI=1S/C6H4Br3N/c7-2-4-1-5(8)6(9)10-3-4/h1,3H,2H2. The number of hydrogen-bond acceptors (Lipinski definition) is 1. The molecule has 10 heavy (non-hydrogen) atoms. The summed E-state index contributed by atoms with van der Waals surface area (Å²) in [4.78, 5) is 4.09. The molecule has 0 aromatic carbocycles. The van der Waals surface area contributed by atoms with Gasteiger partial charge in [0.25, 0.3) is 0 Å². The first-order valence-electron chi connectivity index (χ1n) is 2.60. The van der Waals surface area contributed by atoms with Gasteiger partial charge in [0.2, 0.25) is 0 Å². The summed E-state index contributed by atoms with van der Waals surface area (Å²) in [6.07, 6.45) is 1.82. The van der Waals surface area contributed by atoms with Crippen molar-refractivity contribution in [3.63, 3.8) is 0 Å². The van der Waals surface area contributed by atoms with E-state index in [2.05, 4.69) is 52.8 Å². The maximum Gasteiger partial charge on any atom is 0.120 e. The molecule has 0 spiro atoms. The van der Waals surface area contributed by atoms with E-state index in [1.54, 1.807) is 0 Å². The Labute approximate surface area is 84.6 Å². The molecule has 0 saturated heterocycles. The van der Waals surface area contributed by atoms with E-state index < -0.39 is 0 Å². The zero-order valence-corrected chi connectivity index (χ0v) is 9.70. The largest absolute Gasteiger partial charge is 0.248 e. The highest BCUT2D eigenvalue weighted by molar-refractivity contribution is 9.13. The molecule has 1 aromatic rings. The quantitative estimate of drug-likeness (QED) is 0.567. The molecule has 54 valence electrons. The SMILES string of the molecule is BrCc1cnc(Br)c(Br)c1. The van der Waals surface area contributed by atoms with Gasteiger partial charge in [-0.05, 0) is 43.5 Å². The van der Waals surface area contributed by atoms with Crippen molar-refractivity contribution in [2.24, 2.45) is 0 Å². The Balaban J connectivity index is 3.04. The van der Waals surface area contributed by atoms with Crippen LogP contribution in [-0.4, -0.2) is 4.98 Å². The van der Waals surface area contributed by atoms with Crippen LogP contribution in [0.5, 0.6) is 0 Å². The molecule has 0 atom stereocenters. The molecule has 0 amide bonds. The third-order valence-electron chi connectivity index (χ3n) is 1.01. The highest BCUT2D eigenvalue weighted by atomic mass is 79.9. The minimum Gasteiger partial charge on any atom is -0.248 e. The second-order valence-electron chi connectivity index (χ2n) is 1.75. The van der Waals surface area contributed by atoms with Crippen molar-refractivity contribution in [1.82, 2.24) is 4.98 Å². The first-order chi connectivity index (χ1) is 4.74. The molecule has 1 aromatic heterocycles. The molecule has 0 aliphatic carbocycles. The summed E-state index contributed by atoms with van der Waals surface area (Å²) in [5, 5.41) is 0.839. The molecule has 0 aliphatic heterocycles. The van der Waals surface area contributed by atoms with Crippen molar-refractivity contribution in [2.75, 3.05) is 0 Å². The molecular weight excluding hydrogens is 326 g/mol. The summed E-state index contributed by atoms with van der Waals surface area (Å²) in [6.45, 7) is 0. The molecule has 0 aliphatic rings. The Kier molecular flexibility index (Phi) is 3.33. The molecule has 4 heteroatoms. The molecule has 0 saturated carbocycles. The van der Waals surface area contributed by atoms with Crippen molar-refractivity contribution in [3.8, 4) is 0 Å². The number of hydrogen-bond donors (Lipinski definition) is 0. The minimum atomic E-state index is 0.839. The molecule has 1 heterocycles. The Morgan fingerprint density at radius 2 is 2.10 bits per heavy atom. The zero-order chi connectivity index (χ0) is 7.56. The molecule has 1 nitrogen and oxygen atoms in total. The van der Waals surface area contributed by atoms with E-state index in [1.165, 1.54) is 0 Å². The van der Waals surface area contributed by atoms with Crippen LogP contribution < -0.4 is 0 Å². The summed E-state index contributed by atoms with van der Waals surface area (Å²) in [5.41, 5.74) is 1.16. The first-order valence-corrected chi connectivity index (χ1v) is 5.30. The highest BCUT2D eigenvalue weighted by Crippen LogP contribution is 2.21. The van der Waals surface area contributed by atoms with Crippen LogP contribution in [0.3, 0.4) is 0 Å². The topological polar surface area (TPSA) is 12.9 Å². The van der Waals surface area contributed by atoms with Gasteiger partial charge in [-0.15, -0.1) is 0 Å². The lowest BCUT2D eigenvalue weighted by atomic mass is 10.3. The normalized spacial score (nSPS) is 9.90. The van der Waals surface area contributed by atoms with Crippen molar-refractivity contribution in [2.45, 2.75) is 5.33 Å². The van der Waals surface area contributed by atoms with Gasteiger partial charge in [0.15, 0.2) is 0 Å². The lowest BCUT2D eigenvalue weighted by molar-refractivity contribution is 1.20. The number of nitrogens with zero attached hydrogens (tertiary/aromatic N) is 1. The summed E-state index contributed by atoms with van der Waals surface area (Å²) < 4.78 is 1.83. The van der Waals surface area contributed by atoms with Crippen LogP contribution in [0.25, 0.3) is 0 Å². The summed E-state index contributed by atoms with van der Waals surface area (Å²) in [5.74, 6) is 0. The second-order valence-corrected chi connectivity index (χ2v) is 3.92. The van der Waals surface area contributed by atoms with E-state index in [0.29, 0.717) is 0 Å². The third kappa shape index (κ3) is 2.04. The van der Waals surface area contributed by atoms with Crippen molar-refractivity contribution < 1.29 is 0 Å². The van der Waals surface area contributed by atoms with Crippen LogP contribution in [0.4, 0.5) is 0 Å². The maximum absolute atomic E-state index is 4.09. The fourth-order valence-electron chi connectivity index (χ4n) is 0.534.